The molecule has 1 aromatic carbocycles. The summed E-state index contributed by atoms with van der Waals surface area (Å²) < 4.78 is 4.38. The monoisotopic (exact) mass is 226 g/mol. The lowest BCUT2D eigenvalue weighted by molar-refractivity contribution is -0.384. The molecule has 0 aromatic heterocycles. The second-order valence-electron chi connectivity index (χ2n) is 3.00. The molecule has 0 saturated heterocycles. The number of rotatable bonds is 3. The number of non-ortho nitro benzene ring substituents is 1. The van der Waals surface area contributed by atoms with Gasteiger partial charge < -0.3 is 15.6 Å². The van der Waals surface area contributed by atoms with E-state index in [0.29, 0.717) is 0 Å². The van der Waals surface area contributed by atoms with Crippen LogP contribution in [0.15, 0.2) is 18.2 Å². The van der Waals surface area contributed by atoms with Gasteiger partial charge >= 0.3 is 5.97 Å². The van der Waals surface area contributed by atoms with Gasteiger partial charge in [-0.15, -0.1) is 0 Å². The van der Waals surface area contributed by atoms with Crippen molar-refractivity contribution in [3.05, 3.63) is 33.9 Å². The van der Waals surface area contributed by atoms with E-state index in [1.54, 1.807) is 0 Å². The first-order chi connectivity index (χ1) is 7.47. The third-order valence-electron chi connectivity index (χ3n) is 2.01. The molecular weight excluding hydrogens is 216 g/mol. The van der Waals surface area contributed by atoms with Crippen LogP contribution in [0.25, 0.3) is 0 Å². The molecule has 0 heterocycles. The number of phenolic OH excluding ortho intramolecular Hbond substituents is 1. The minimum atomic E-state index is -1.25. The highest BCUT2D eigenvalue weighted by atomic mass is 16.6. The number of carbonyl (C=O) groups excluding carboxylic acids is 1. The van der Waals surface area contributed by atoms with E-state index in [2.05, 4.69) is 4.74 Å². The average molecular weight is 226 g/mol. The Kier molecular flexibility index (Phi) is 3.41. The van der Waals surface area contributed by atoms with E-state index >= 15 is 0 Å². The van der Waals surface area contributed by atoms with Crippen molar-refractivity contribution in [1.29, 1.82) is 0 Å². The van der Waals surface area contributed by atoms with Crippen LogP contribution in [0.5, 0.6) is 5.75 Å². The zero-order chi connectivity index (χ0) is 12.3. The van der Waals surface area contributed by atoms with E-state index in [1.807, 2.05) is 0 Å². The molecule has 3 N–H and O–H groups in total. The zero-order valence-electron chi connectivity index (χ0n) is 8.41. The summed E-state index contributed by atoms with van der Waals surface area (Å²) in [5.74, 6) is -1.07. The van der Waals surface area contributed by atoms with Gasteiger partial charge in [-0.3, -0.25) is 14.9 Å². The molecule has 0 radical (unpaired) electrons. The summed E-state index contributed by atoms with van der Waals surface area (Å²) in [5, 5.41) is 19.9. The molecule has 16 heavy (non-hydrogen) atoms. The van der Waals surface area contributed by atoms with Gasteiger partial charge in [-0.05, 0) is 6.07 Å². The maximum atomic E-state index is 11.1. The van der Waals surface area contributed by atoms with Crippen LogP contribution in [0.2, 0.25) is 0 Å². The Morgan fingerprint density at radius 3 is 2.75 bits per heavy atom. The lowest BCUT2D eigenvalue weighted by Gasteiger charge is -2.10. The number of nitro groups is 1. The van der Waals surface area contributed by atoms with E-state index in [9.17, 15) is 20.0 Å². The van der Waals surface area contributed by atoms with Crippen molar-refractivity contribution in [2.75, 3.05) is 7.11 Å². The Morgan fingerprint density at radius 2 is 2.25 bits per heavy atom. The topological polar surface area (TPSA) is 116 Å². The Morgan fingerprint density at radius 1 is 1.62 bits per heavy atom. The molecule has 0 saturated carbocycles. The van der Waals surface area contributed by atoms with Crippen molar-refractivity contribution in [3.63, 3.8) is 0 Å². The van der Waals surface area contributed by atoms with Crippen LogP contribution in [0.4, 0.5) is 5.69 Å². The van der Waals surface area contributed by atoms with Gasteiger partial charge in [-0.25, -0.2) is 0 Å². The smallest absolute Gasteiger partial charge is 0.327 e. The van der Waals surface area contributed by atoms with Gasteiger partial charge in [0.05, 0.1) is 12.0 Å². The molecular formula is C9H10N2O5. The van der Waals surface area contributed by atoms with Crippen LogP contribution < -0.4 is 5.73 Å². The van der Waals surface area contributed by atoms with Gasteiger partial charge in [-0.1, -0.05) is 0 Å². The second-order valence-corrected chi connectivity index (χ2v) is 3.00. The van der Waals surface area contributed by atoms with Gasteiger partial charge in [0.2, 0.25) is 0 Å². The average Bonchev–Trinajstić information content (AvgIpc) is 2.27. The molecule has 1 rings (SSSR count). The summed E-state index contributed by atoms with van der Waals surface area (Å²) >= 11 is 0. The number of aromatic hydroxyl groups is 1. The quantitative estimate of drug-likeness (QED) is 0.439. The van der Waals surface area contributed by atoms with Crippen molar-refractivity contribution in [2.45, 2.75) is 6.04 Å². The van der Waals surface area contributed by atoms with Gasteiger partial charge in [0.1, 0.15) is 11.8 Å². The van der Waals surface area contributed by atoms with Crippen molar-refractivity contribution >= 4 is 11.7 Å². The summed E-state index contributed by atoms with van der Waals surface area (Å²) in [5.41, 5.74) is 5.16. The number of hydrogen-bond acceptors (Lipinski definition) is 6. The maximum absolute atomic E-state index is 11.1. The number of hydrogen-bond donors (Lipinski definition) is 2. The minimum absolute atomic E-state index is 0.0407. The highest BCUT2D eigenvalue weighted by Crippen LogP contribution is 2.27. The Bertz CT molecular complexity index is 432. The molecule has 7 nitrogen and oxygen atoms in total. The largest absolute Gasteiger partial charge is 0.508 e. The van der Waals surface area contributed by atoms with Crippen molar-refractivity contribution in [1.82, 2.24) is 0 Å². The molecule has 0 spiro atoms. The van der Waals surface area contributed by atoms with Crippen LogP contribution in [0.3, 0.4) is 0 Å². The highest BCUT2D eigenvalue weighted by Gasteiger charge is 2.22. The third-order valence-corrected chi connectivity index (χ3v) is 2.01. The number of nitrogens with zero attached hydrogens (tertiary/aromatic N) is 1. The van der Waals surface area contributed by atoms with E-state index in [0.717, 1.165) is 25.3 Å². The first kappa shape index (κ1) is 11.9. The van der Waals surface area contributed by atoms with Crippen molar-refractivity contribution in [3.8, 4) is 5.75 Å². The summed E-state index contributed by atoms with van der Waals surface area (Å²) in [6.45, 7) is 0. The molecule has 0 aliphatic rings. The SMILES string of the molecule is COC(=O)C(N)c1cc([N+](=O)[O-])ccc1O. The van der Waals surface area contributed by atoms with E-state index in [-0.39, 0.29) is 17.0 Å². The van der Waals surface area contributed by atoms with Crippen LogP contribution in [-0.4, -0.2) is 23.1 Å². The molecule has 0 fully saturated rings. The van der Waals surface area contributed by atoms with Crippen LogP contribution in [0, 0.1) is 10.1 Å². The number of ether oxygens (including phenoxy) is 1. The Hall–Kier alpha value is -2.15. The summed E-state index contributed by atoms with van der Waals surface area (Å²) in [6, 6.07) is 2.01. The number of benzene rings is 1. The molecule has 1 atom stereocenters. The predicted molar refractivity (Wildman–Crippen MR) is 53.7 cm³/mol. The summed E-state index contributed by atoms with van der Waals surface area (Å²) in [7, 11) is 1.14. The van der Waals surface area contributed by atoms with Gasteiger partial charge in [0.25, 0.3) is 5.69 Å². The molecule has 0 bridgehead atoms. The fourth-order valence-electron chi connectivity index (χ4n) is 1.16. The van der Waals surface area contributed by atoms with Crippen LogP contribution >= 0.6 is 0 Å². The number of esters is 1. The van der Waals surface area contributed by atoms with E-state index < -0.39 is 16.9 Å². The molecule has 7 heteroatoms. The summed E-state index contributed by atoms with van der Waals surface area (Å²) in [6.07, 6.45) is 0. The van der Waals surface area contributed by atoms with E-state index in [1.165, 1.54) is 0 Å². The first-order valence-electron chi connectivity index (χ1n) is 4.28. The van der Waals surface area contributed by atoms with Crippen molar-refractivity contribution < 1.29 is 19.6 Å². The van der Waals surface area contributed by atoms with Gasteiger partial charge in [0.15, 0.2) is 0 Å². The molecule has 1 unspecified atom stereocenters. The van der Waals surface area contributed by atoms with Gasteiger partial charge in [0, 0.05) is 17.7 Å². The fourth-order valence-corrected chi connectivity index (χ4v) is 1.16. The lowest BCUT2D eigenvalue weighted by atomic mass is 10.1. The van der Waals surface area contributed by atoms with Crippen LogP contribution in [0.1, 0.15) is 11.6 Å². The normalized spacial score (nSPS) is 11.9. The number of phenols is 1. The Balaban J connectivity index is 3.16. The molecule has 0 amide bonds. The minimum Gasteiger partial charge on any atom is -0.508 e. The number of carbonyl (C=O) groups is 1. The maximum Gasteiger partial charge on any atom is 0.327 e. The fraction of sp³-hybridized carbons (Fsp3) is 0.222. The number of nitrogens with two attached hydrogens (primary N) is 1. The molecule has 1 aromatic rings. The standard InChI is InChI=1S/C9H10N2O5/c1-16-9(13)8(10)6-4-5(11(14)15)2-3-7(6)12/h2-4,8,12H,10H2,1H3. The number of methoxy groups -OCH3 is 1. The molecule has 0 aliphatic heterocycles. The lowest BCUT2D eigenvalue weighted by Crippen LogP contribution is -2.22. The second kappa shape index (κ2) is 4.58. The Labute approximate surface area is 90.6 Å². The zero-order valence-corrected chi connectivity index (χ0v) is 8.41. The van der Waals surface area contributed by atoms with E-state index in [4.69, 9.17) is 5.73 Å². The highest BCUT2D eigenvalue weighted by molar-refractivity contribution is 5.78. The molecule has 0 aliphatic carbocycles. The first-order valence-corrected chi connectivity index (χ1v) is 4.28. The predicted octanol–water partition coefficient (Wildman–Crippen LogP) is 0.473. The van der Waals surface area contributed by atoms with Crippen LogP contribution in [-0.2, 0) is 9.53 Å². The molecule has 86 valence electrons. The third kappa shape index (κ3) is 2.26. The van der Waals surface area contributed by atoms with Gasteiger partial charge in [-0.2, -0.15) is 0 Å². The summed E-state index contributed by atoms with van der Waals surface area (Å²) in [4.78, 5) is 21.0. The number of nitro benzene ring substituents is 1. The van der Waals surface area contributed by atoms with Crippen molar-refractivity contribution in [2.24, 2.45) is 5.73 Å².